The number of aryl methyl sites for hydroxylation is 1. The van der Waals surface area contributed by atoms with E-state index in [0.29, 0.717) is 5.58 Å². The van der Waals surface area contributed by atoms with Gasteiger partial charge in [-0.25, -0.2) is 5.43 Å². The lowest BCUT2D eigenvalue weighted by molar-refractivity contribution is 0.0929. The molecule has 0 unspecified atom stereocenters. The fourth-order valence-electron chi connectivity index (χ4n) is 3.14. The fourth-order valence-corrected chi connectivity index (χ4v) is 4.48. The molecule has 0 fully saturated rings. The summed E-state index contributed by atoms with van der Waals surface area (Å²) < 4.78 is 14.6. The molecule has 1 N–H and O–H groups in total. The van der Waals surface area contributed by atoms with Gasteiger partial charge >= 0.3 is 5.91 Å². The van der Waals surface area contributed by atoms with Gasteiger partial charge in [0.15, 0.2) is 5.76 Å². The molecule has 0 radical (unpaired) electrons. The summed E-state index contributed by atoms with van der Waals surface area (Å²) in [4.78, 5) is 12.5. The van der Waals surface area contributed by atoms with Crippen molar-refractivity contribution in [2.75, 3.05) is 7.11 Å². The van der Waals surface area contributed by atoms with Crippen LogP contribution in [0.2, 0.25) is 0 Å². The summed E-state index contributed by atoms with van der Waals surface area (Å²) in [7, 11) is 1.64. The zero-order valence-electron chi connectivity index (χ0n) is 16.1. The van der Waals surface area contributed by atoms with E-state index in [1.165, 1.54) is 0 Å². The molecule has 30 heavy (non-hydrogen) atoms. The summed E-state index contributed by atoms with van der Waals surface area (Å²) in [6.07, 6.45) is 1.60. The Morgan fingerprint density at radius 3 is 2.63 bits per heavy atom. The lowest BCUT2D eigenvalue weighted by atomic mass is 10.2. The first kappa shape index (κ1) is 20.4. The fraction of sp³-hybridized carbons (Fsp3) is 0.0909. The second-order valence-electron chi connectivity index (χ2n) is 6.55. The highest BCUT2D eigenvalue weighted by molar-refractivity contribution is 9.11. The minimum atomic E-state index is -0.426. The first-order chi connectivity index (χ1) is 14.5. The number of hydrogen-bond donors (Lipinski definition) is 1. The summed E-state index contributed by atoms with van der Waals surface area (Å²) in [6.45, 7) is 2.00. The normalized spacial score (nSPS) is 11.3. The summed E-state index contributed by atoms with van der Waals surface area (Å²) in [5, 5.41) is 4.92. The van der Waals surface area contributed by atoms with Gasteiger partial charge in [-0.2, -0.15) is 5.10 Å². The molecule has 0 bridgehead atoms. The molecule has 0 aliphatic heterocycles. The number of fused-ring (bicyclic) bond motifs is 1. The Hall–Kier alpha value is -2.84. The summed E-state index contributed by atoms with van der Waals surface area (Å²) >= 11 is 6.87. The molecule has 0 saturated carbocycles. The maximum Gasteiger partial charge on any atom is 0.307 e. The van der Waals surface area contributed by atoms with Crippen LogP contribution in [0.1, 0.15) is 21.9 Å². The Kier molecular flexibility index (Phi) is 5.78. The van der Waals surface area contributed by atoms with Gasteiger partial charge in [0.2, 0.25) is 0 Å². The number of carbonyl (C=O) groups excluding carboxylic acids is 1. The number of rotatable bonds is 5. The van der Waals surface area contributed by atoms with E-state index in [0.717, 1.165) is 37.2 Å². The maximum absolute atomic E-state index is 12.5. The van der Waals surface area contributed by atoms with Crippen LogP contribution in [0.3, 0.4) is 0 Å². The highest BCUT2D eigenvalue weighted by Gasteiger charge is 2.14. The van der Waals surface area contributed by atoms with Crippen LogP contribution >= 0.6 is 31.9 Å². The largest absolute Gasteiger partial charge is 0.497 e. The minimum Gasteiger partial charge on any atom is -0.497 e. The quantitative estimate of drug-likeness (QED) is 0.261. The topological polar surface area (TPSA) is 68.8 Å². The number of nitrogens with zero attached hydrogens (tertiary/aromatic N) is 2. The molecule has 4 rings (SSSR count). The van der Waals surface area contributed by atoms with Crippen molar-refractivity contribution >= 4 is 55.0 Å². The summed E-state index contributed by atoms with van der Waals surface area (Å²) in [5.41, 5.74) is 5.97. The Morgan fingerprint density at radius 1 is 1.13 bits per heavy atom. The number of carbonyl (C=O) groups is 1. The smallest absolute Gasteiger partial charge is 0.307 e. The number of nitrogens with one attached hydrogen (secondary N) is 1. The molecule has 2 heterocycles. The molecule has 6 nitrogen and oxygen atoms in total. The molecule has 0 atom stereocenters. The van der Waals surface area contributed by atoms with Crippen LogP contribution in [-0.2, 0) is 0 Å². The van der Waals surface area contributed by atoms with Crippen LogP contribution in [0.4, 0.5) is 0 Å². The molecule has 0 saturated heterocycles. The third kappa shape index (κ3) is 4.06. The monoisotopic (exact) mass is 529 g/mol. The van der Waals surface area contributed by atoms with Gasteiger partial charge in [0.25, 0.3) is 0 Å². The molecule has 0 aliphatic rings. The van der Waals surface area contributed by atoms with E-state index in [1.54, 1.807) is 19.4 Å². The van der Waals surface area contributed by atoms with Crippen molar-refractivity contribution in [2.45, 2.75) is 6.92 Å². The van der Waals surface area contributed by atoms with Crippen LogP contribution in [0, 0.1) is 6.92 Å². The molecule has 2 aromatic carbocycles. The Balaban J connectivity index is 1.54. The van der Waals surface area contributed by atoms with E-state index in [9.17, 15) is 4.79 Å². The standard InChI is InChI=1S/C22H17Br2N3O3/c1-13-3-4-17(27(13)16-5-7-18(29-2)8-6-16)12-25-26-22(28)20-10-14-9-15(23)11-19(24)21(14)30-20/h3-12H,1-2H3,(H,26,28)/b25-12+. The molecule has 0 spiro atoms. The van der Waals surface area contributed by atoms with Crippen LogP contribution in [0.15, 0.2) is 73.1 Å². The molecular weight excluding hydrogens is 514 g/mol. The third-order valence-electron chi connectivity index (χ3n) is 4.56. The van der Waals surface area contributed by atoms with E-state index in [1.807, 2.05) is 60.0 Å². The van der Waals surface area contributed by atoms with E-state index < -0.39 is 5.91 Å². The van der Waals surface area contributed by atoms with E-state index in [4.69, 9.17) is 9.15 Å². The molecule has 2 aromatic heterocycles. The van der Waals surface area contributed by atoms with Gasteiger partial charge in [-0.3, -0.25) is 4.79 Å². The van der Waals surface area contributed by atoms with Crippen molar-refractivity contribution in [2.24, 2.45) is 5.10 Å². The van der Waals surface area contributed by atoms with E-state index >= 15 is 0 Å². The molecule has 1 amide bonds. The van der Waals surface area contributed by atoms with E-state index in [2.05, 4.69) is 42.4 Å². The van der Waals surface area contributed by atoms with Gasteiger partial charge in [-0.15, -0.1) is 0 Å². The lowest BCUT2D eigenvalue weighted by Gasteiger charge is -2.10. The minimum absolute atomic E-state index is 0.183. The predicted octanol–water partition coefficient (Wildman–Crippen LogP) is 5.83. The predicted molar refractivity (Wildman–Crippen MR) is 124 cm³/mol. The average Bonchev–Trinajstić information content (AvgIpc) is 3.32. The first-order valence-electron chi connectivity index (χ1n) is 9.01. The van der Waals surface area contributed by atoms with Crippen molar-refractivity contribution in [3.05, 3.63) is 80.7 Å². The number of amides is 1. The van der Waals surface area contributed by atoms with Crippen molar-refractivity contribution < 1.29 is 13.9 Å². The summed E-state index contributed by atoms with van der Waals surface area (Å²) in [6, 6.07) is 17.1. The number of hydrogen-bond acceptors (Lipinski definition) is 4. The zero-order valence-corrected chi connectivity index (χ0v) is 19.3. The number of ether oxygens (including phenoxy) is 1. The van der Waals surface area contributed by atoms with Crippen LogP contribution < -0.4 is 10.2 Å². The van der Waals surface area contributed by atoms with Gasteiger partial charge in [-0.05, 0) is 77.5 Å². The van der Waals surface area contributed by atoms with Crippen molar-refractivity contribution in [1.29, 1.82) is 0 Å². The SMILES string of the molecule is COc1ccc(-n2c(C)ccc2/C=N/NC(=O)c2cc3cc(Br)cc(Br)c3o2)cc1. The van der Waals surface area contributed by atoms with Crippen molar-refractivity contribution in [1.82, 2.24) is 9.99 Å². The summed E-state index contributed by atoms with van der Waals surface area (Å²) in [5.74, 6) is 0.544. The van der Waals surface area contributed by atoms with E-state index in [-0.39, 0.29) is 5.76 Å². The average molecular weight is 531 g/mol. The zero-order chi connectivity index (χ0) is 21.3. The highest BCUT2D eigenvalue weighted by Crippen LogP contribution is 2.31. The van der Waals surface area contributed by atoms with Gasteiger partial charge in [-0.1, -0.05) is 15.9 Å². The number of furan rings is 1. The number of aromatic nitrogens is 1. The molecule has 8 heteroatoms. The number of hydrazone groups is 1. The second kappa shape index (κ2) is 8.49. The molecular formula is C22H17Br2N3O3. The lowest BCUT2D eigenvalue weighted by Crippen LogP contribution is -2.17. The van der Waals surface area contributed by atoms with Crippen molar-refractivity contribution in [3.8, 4) is 11.4 Å². The number of methoxy groups -OCH3 is 1. The molecule has 0 aliphatic carbocycles. The van der Waals surface area contributed by atoms with Gasteiger partial charge in [0.05, 0.1) is 23.5 Å². The second-order valence-corrected chi connectivity index (χ2v) is 8.32. The van der Waals surface area contributed by atoms with Crippen LogP contribution in [0.5, 0.6) is 5.75 Å². The Labute approximate surface area is 189 Å². The van der Waals surface area contributed by atoms with Gasteiger partial charge in [0.1, 0.15) is 11.3 Å². The number of benzene rings is 2. The highest BCUT2D eigenvalue weighted by atomic mass is 79.9. The first-order valence-corrected chi connectivity index (χ1v) is 10.6. The van der Waals surface area contributed by atoms with Gasteiger partial charge < -0.3 is 13.7 Å². The maximum atomic E-state index is 12.5. The van der Waals surface area contributed by atoms with Crippen molar-refractivity contribution in [3.63, 3.8) is 0 Å². The van der Waals surface area contributed by atoms with Crippen LogP contribution in [0.25, 0.3) is 16.7 Å². The Morgan fingerprint density at radius 2 is 1.90 bits per heavy atom. The Bertz CT molecular complexity index is 1260. The van der Waals surface area contributed by atoms with Crippen LogP contribution in [-0.4, -0.2) is 23.8 Å². The van der Waals surface area contributed by atoms with Gasteiger partial charge in [0, 0.05) is 21.2 Å². The molecule has 4 aromatic rings. The molecule has 152 valence electrons. The number of halogens is 2. The third-order valence-corrected chi connectivity index (χ3v) is 5.61.